The van der Waals surface area contributed by atoms with E-state index < -0.39 is 11.9 Å². The third-order valence-electron chi connectivity index (χ3n) is 4.04. The Hall–Kier alpha value is -3.57. The fourth-order valence-corrected chi connectivity index (χ4v) is 3.03. The predicted octanol–water partition coefficient (Wildman–Crippen LogP) is 5.13. The van der Waals surface area contributed by atoms with Gasteiger partial charge in [-0.25, -0.2) is 4.79 Å². The maximum atomic E-state index is 12.6. The van der Waals surface area contributed by atoms with E-state index in [1.807, 2.05) is 13.0 Å². The van der Waals surface area contributed by atoms with E-state index in [1.54, 1.807) is 37.3 Å². The van der Waals surface area contributed by atoms with Crippen molar-refractivity contribution >= 4 is 39.6 Å². The number of ether oxygens (including phenoxy) is 3. The summed E-state index contributed by atoms with van der Waals surface area (Å²) >= 11 is 3.44. The molecule has 32 heavy (non-hydrogen) atoms. The molecule has 8 heteroatoms. The second-order valence-electron chi connectivity index (χ2n) is 6.27. The minimum Gasteiger partial charge on any atom is -0.490 e. The van der Waals surface area contributed by atoms with Gasteiger partial charge in [-0.3, -0.25) is 4.79 Å². The van der Waals surface area contributed by atoms with Gasteiger partial charge >= 0.3 is 5.97 Å². The lowest BCUT2D eigenvalue weighted by atomic mass is 10.1. The number of nitrogens with one attached hydrogen (secondary N) is 1. The first-order chi connectivity index (χ1) is 15.4. The lowest BCUT2D eigenvalue weighted by molar-refractivity contribution is -0.112. The van der Waals surface area contributed by atoms with Crippen LogP contribution in [0, 0.1) is 11.3 Å². The Kier molecular flexibility index (Phi) is 9.51. The SMILES string of the molecule is C=CCOc1cc(Br)c(/C=C(\C#N)C(=O)Nc2ccc(C(=O)OCC)cc2)cc1OCC. The minimum absolute atomic E-state index is 0.109. The second-order valence-corrected chi connectivity index (χ2v) is 7.13. The van der Waals surface area contributed by atoms with Crippen molar-refractivity contribution in [2.75, 3.05) is 25.1 Å². The van der Waals surface area contributed by atoms with E-state index in [2.05, 4.69) is 27.8 Å². The van der Waals surface area contributed by atoms with Gasteiger partial charge in [0.2, 0.25) is 0 Å². The summed E-state index contributed by atoms with van der Waals surface area (Å²) in [7, 11) is 0. The molecular formula is C24H23BrN2O5. The number of hydrogen-bond donors (Lipinski definition) is 1. The smallest absolute Gasteiger partial charge is 0.338 e. The van der Waals surface area contributed by atoms with Crippen molar-refractivity contribution in [1.29, 1.82) is 5.26 Å². The van der Waals surface area contributed by atoms with E-state index in [1.165, 1.54) is 18.2 Å². The number of esters is 1. The van der Waals surface area contributed by atoms with Crippen LogP contribution in [0.4, 0.5) is 5.69 Å². The van der Waals surface area contributed by atoms with Crippen LogP contribution in [-0.2, 0) is 9.53 Å². The molecule has 0 unspecified atom stereocenters. The van der Waals surface area contributed by atoms with Crippen molar-refractivity contribution in [3.8, 4) is 17.6 Å². The minimum atomic E-state index is -0.590. The monoisotopic (exact) mass is 498 g/mol. The summed E-state index contributed by atoms with van der Waals surface area (Å²) in [6.07, 6.45) is 3.07. The normalized spacial score (nSPS) is 10.6. The third-order valence-corrected chi connectivity index (χ3v) is 4.73. The number of carbonyl (C=O) groups is 2. The van der Waals surface area contributed by atoms with Crippen molar-refractivity contribution in [2.24, 2.45) is 0 Å². The van der Waals surface area contributed by atoms with Gasteiger partial charge in [-0.15, -0.1) is 0 Å². The fourth-order valence-electron chi connectivity index (χ4n) is 2.60. The molecule has 0 atom stereocenters. The molecule has 0 saturated heterocycles. The van der Waals surface area contributed by atoms with Crippen LogP contribution in [0.3, 0.4) is 0 Å². The summed E-state index contributed by atoms with van der Waals surface area (Å²) in [5.41, 5.74) is 1.27. The van der Waals surface area contributed by atoms with Gasteiger partial charge < -0.3 is 19.5 Å². The van der Waals surface area contributed by atoms with Crippen LogP contribution >= 0.6 is 15.9 Å². The molecule has 0 fully saturated rings. The molecular weight excluding hydrogens is 476 g/mol. The highest BCUT2D eigenvalue weighted by Gasteiger charge is 2.14. The third kappa shape index (κ3) is 6.72. The summed E-state index contributed by atoms with van der Waals surface area (Å²) in [5, 5.41) is 12.2. The van der Waals surface area contributed by atoms with Crippen molar-refractivity contribution < 1.29 is 23.8 Å². The zero-order valence-corrected chi connectivity index (χ0v) is 19.4. The average Bonchev–Trinajstić information content (AvgIpc) is 2.78. The van der Waals surface area contributed by atoms with Crippen LogP contribution in [0.15, 0.2) is 59.1 Å². The van der Waals surface area contributed by atoms with E-state index in [0.29, 0.717) is 46.0 Å². The van der Waals surface area contributed by atoms with Gasteiger partial charge in [0.25, 0.3) is 5.91 Å². The average molecular weight is 499 g/mol. The standard InChI is InChI=1S/C24H23BrN2O5/c1-4-11-32-22-14-20(25)17(13-21(22)30-5-2)12-18(15-26)23(28)27-19-9-7-16(8-10-19)24(29)31-6-3/h4,7-10,12-14H,1,5-6,11H2,2-3H3,(H,27,28)/b18-12+. The largest absolute Gasteiger partial charge is 0.490 e. The summed E-state index contributed by atoms with van der Waals surface area (Å²) in [6.45, 7) is 8.19. The maximum Gasteiger partial charge on any atom is 0.338 e. The van der Waals surface area contributed by atoms with E-state index >= 15 is 0 Å². The highest BCUT2D eigenvalue weighted by molar-refractivity contribution is 9.10. The van der Waals surface area contributed by atoms with Gasteiger partial charge in [0.1, 0.15) is 18.2 Å². The molecule has 0 aliphatic rings. The van der Waals surface area contributed by atoms with E-state index in [4.69, 9.17) is 14.2 Å². The number of nitriles is 1. The predicted molar refractivity (Wildman–Crippen MR) is 126 cm³/mol. The maximum absolute atomic E-state index is 12.6. The highest BCUT2D eigenvalue weighted by Crippen LogP contribution is 2.35. The van der Waals surface area contributed by atoms with Crippen LogP contribution in [0.1, 0.15) is 29.8 Å². The molecule has 166 valence electrons. The zero-order valence-electron chi connectivity index (χ0n) is 17.8. The molecule has 2 aromatic carbocycles. The Balaban J connectivity index is 2.25. The van der Waals surface area contributed by atoms with Crippen molar-refractivity contribution in [2.45, 2.75) is 13.8 Å². The highest BCUT2D eigenvalue weighted by atomic mass is 79.9. The molecule has 0 spiro atoms. The molecule has 0 aromatic heterocycles. The van der Waals surface area contributed by atoms with Crippen molar-refractivity contribution in [1.82, 2.24) is 0 Å². The summed E-state index contributed by atoms with van der Waals surface area (Å²) in [5.74, 6) is -0.0387. The van der Waals surface area contributed by atoms with Crippen LogP contribution in [-0.4, -0.2) is 31.7 Å². The molecule has 1 amide bonds. The van der Waals surface area contributed by atoms with Crippen LogP contribution in [0.25, 0.3) is 6.08 Å². The first-order valence-electron chi connectivity index (χ1n) is 9.83. The number of hydrogen-bond acceptors (Lipinski definition) is 6. The van der Waals surface area contributed by atoms with Crippen LogP contribution < -0.4 is 14.8 Å². The number of benzene rings is 2. The Bertz CT molecular complexity index is 1060. The van der Waals surface area contributed by atoms with Gasteiger partial charge in [-0.05, 0) is 61.9 Å². The topological polar surface area (TPSA) is 97.7 Å². The summed E-state index contributed by atoms with van der Waals surface area (Å²) in [4.78, 5) is 24.4. The Morgan fingerprint density at radius 1 is 1.12 bits per heavy atom. The first-order valence-corrected chi connectivity index (χ1v) is 10.6. The number of carbonyl (C=O) groups excluding carboxylic acids is 2. The van der Waals surface area contributed by atoms with Crippen LogP contribution in [0.5, 0.6) is 11.5 Å². The van der Waals surface area contributed by atoms with Gasteiger partial charge in [-0.2, -0.15) is 5.26 Å². The Morgan fingerprint density at radius 3 is 2.41 bits per heavy atom. The molecule has 7 nitrogen and oxygen atoms in total. The molecule has 0 aliphatic heterocycles. The number of halogens is 1. The first kappa shape index (κ1) is 24.7. The molecule has 2 rings (SSSR count). The van der Waals surface area contributed by atoms with Crippen molar-refractivity contribution in [3.63, 3.8) is 0 Å². The number of rotatable bonds is 10. The Morgan fingerprint density at radius 2 is 1.81 bits per heavy atom. The number of anilines is 1. The van der Waals surface area contributed by atoms with Gasteiger partial charge in [-0.1, -0.05) is 28.6 Å². The molecule has 2 aromatic rings. The van der Waals surface area contributed by atoms with E-state index in [-0.39, 0.29) is 12.2 Å². The zero-order chi connectivity index (χ0) is 23.5. The van der Waals surface area contributed by atoms with Gasteiger partial charge in [0.05, 0.1) is 18.8 Å². The molecule has 0 aliphatic carbocycles. The molecule has 0 saturated carbocycles. The van der Waals surface area contributed by atoms with E-state index in [0.717, 1.165) is 0 Å². The Labute approximate surface area is 195 Å². The lowest BCUT2D eigenvalue weighted by Crippen LogP contribution is -2.13. The van der Waals surface area contributed by atoms with Crippen LogP contribution in [0.2, 0.25) is 0 Å². The molecule has 1 N–H and O–H groups in total. The van der Waals surface area contributed by atoms with Crippen molar-refractivity contribution in [3.05, 3.63) is 70.2 Å². The fraction of sp³-hybridized carbons (Fsp3) is 0.208. The van der Waals surface area contributed by atoms with Gasteiger partial charge in [0.15, 0.2) is 11.5 Å². The number of nitrogens with zero attached hydrogens (tertiary/aromatic N) is 1. The van der Waals surface area contributed by atoms with Gasteiger partial charge in [0, 0.05) is 10.2 Å². The quantitative estimate of drug-likeness (QED) is 0.211. The number of amides is 1. The van der Waals surface area contributed by atoms with E-state index in [9.17, 15) is 14.9 Å². The summed E-state index contributed by atoms with van der Waals surface area (Å²) < 4.78 is 16.8. The second kappa shape index (κ2) is 12.3. The lowest BCUT2D eigenvalue weighted by Gasteiger charge is -2.13. The molecule has 0 radical (unpaired) electrons. The molecule has 0 bridgehead atoms. The summed E-state index contributed by atoms with van der Waals surface area (Å²) in [6, 6.07) is 11.5. The molecule has 0 heterocycles.